The third kappa shape index (κ3) is 2.85. The maximum Gasteiger partial charge on any atom is 0.413 e. The van der Waals surface area contributed by atoms with Crippen molar-refractivity contribution in [3.05, 3.63) is 24.0 Å². The molecule has 0 bridgehead atoms. The van der Waals surface area contributed by atoms with E-state index >= 15 is 0 Å². The minimum absolute atomic E-state index is 0.00162. The summed E-state index contributed by atoms with van der Waals surface area (Å²) < 4.78 is 6.33. The van der Waals surface area contributed by atoms with E-state index < -0.39 is 17.7 Å². The predicted molar refractivity (Wildman–Crippen MR) is 69.8 cm³/mol. The van der Waals surface area contributed by atoms with Gasteiger partial charge in [-0.2, -0.15) is 9.61 Å². The second kappa shape index (κ2) is 4.80. The van der Waals surface area contributed by atoms with Crippen molar-refractivity contribution in [1.29, 1.82) is 0 Å². The standard InChI is InChI=1S/C12H14N4O4/c1-12(2,3)20-11(19)15-9-7(10(17)18)6-13-8-4-5-14-16(8)9/h4-6H,1-3H3,(H,15,19)(H,17,18). The first-order valence-corrected chi connectivity index (χ1v) is 5.84. The Kier molecular flexibility index (Phi) is 3.31. The maximum absolute atomic E-state index is 11.8. The molecule has 0 atom stereocenters. The van der Waals surface area contributed by atoms with Gasteiger partial charge in [-0.1, -0.05) is 0 Å². The lowest BCUT2D eigenvalue weighted by Crippen LogP contribution is -2.28. The number of ether oxygens (including phenoxy) is 1. The Morgan fingerprint density at radius 2 is 2.10 bits per heavy atom. The number of carbonyl (C=O) groups excluding carboxylic acids is 1. The second-order valence-corrected chi connectivity index (χ2v) is 5.05. The van der Waals surface area contributed by atoms with Crippen LogP contribution in [0.3, 0.4) is 0 Å². The van der Waals surface area contributed by atoms with Gasteiger partial charge in [0.2, 0.25) is 0 Å². The first-order chi connectivity index (χ1) is 9.28. The Balaban J connectivity index is 2.41. The van der Waals surface area contributed by atoms with Crippen LogP contribution < -0.4 is 5.32 Å². The number of aromatic carboxylic acids is 1. The summed E-state index contributed by atoms with van der Waals surface area (Å²) in [5.41, 5.74) is -0.447. The molecule has 8 nitrogen and oxygen atoms in total. The van der Waals surface area contributed by atoms with E-state index in [1.54, 1.807) is 26.8 Å². The molecule has 2 aromatic heterocycles. The maximum atomic E-state index is 11.8. The number of rotatable bonds is 2. The molecule has 0 saturated carbocycles. The molecule has 0 unspecified atom stereocenters. The van der Waals surface area contributed by atoms with Gasteiger partial charge in [0.1, 0.15) is 11.2 Å². The number of anilines is 1. The van der Waals surface area contributed by atoms with Gasteiger partial charge in [-0.25, -0.2) is 14.6 Å². The van der Waals surface area contributed by atoms with Gasteiger partial charge >= 0.3 is 12.1 Å². The number of carboxylic acid groups (broad SMARTS) is 1. The monoisotopic (exact) mass is 278 g/mol. The summed E-state index contributed by atoms with van der Waals surface area (Å²) in [5.74, 6) is -1.22. The highest BCUT2D eigenvalue weighted by Crippen LogP contribution is 2.17. The zero-order valence-electron chi connectivity index (χ0n) is 11.2. The van der Waals surface area contributed by atoms with Crippen LogP contribution in [0, 0.1) is 0 Å². The van der Waals surface area contributed by atoms with E-state index in [2.05, 4.69) is 15.4 Å². The average molecular weight is 278 g/mol. The van der Waals surface area contributed by atoms with Crippen LogP contribution in [-0.4, -0.2) is 37.4 Å². The molecular weight excluding hydrogens is 264 g/mol. The van der Waals surface area contributed by atoms with Gasteiger partial charge in [0, 0.05) is 12.3 Å². The van der Waals surface area contributed by atoms with Gasteiger partial charge in [-0.15, -0.1) is 0 Å². The van der Waals surface area contributed by atoms with Crippen molar-refractivity contribution in [3.8, 4) is 0 Å². The average Bonchev–Trinajstić information content (AvgIpc) is 2.74. The first-order valence-electron chi connectivity index (χ1n) is 5.84. The van der Waals surface area contributed by atoms with Crippen molar-refractivity contribution < 1.29 is 19.4 Å². The van der Waals surface area contributed by atoms with Crippen LogP contribution in [-0.2, 0) is 4.74 Å². The van der Waals surface area contributed by atoms with E-state index in [1.165, 1.54) is 10.7 Å². The summed E-state index contributed by atoms with van der Waals surface area (Å²) >= 11 is 0. The molecule has 2 aromatic rings. The minimum Gasteiger partial charge on any atom is -0.477 e. The zero-order valence-corrected chi connectivity index (χ0v) is 11.2. The van der Waals surface area contributed by atoms with Crippen LogP contribution in [0.15, 0.2) is 18.5 Å². The quantitative estimate of drug-likeness (QED) is 0.867. The summed E-state index contributed by atoms with van der Waals surface area (Å²) in [6.07, 6.45) is 1.85. The summed E-state index contributed by atoms with van der Waals surface area (Å²) in [5, 5.41) is 15.5. The van der Waals surface area contributed by atoms with E-state index in [9.17, 15) is 9.59 Å². The largest absolute Gasteiger partial charge is 0.477 e. The number of fused-ring (bicyclic) bond motifs is 1. The molecule has 0 fully saturated rings. The fraction of sp³-hybridized carbons (Fsp3) is 0.333. The molecule has 1 amide bonds. The summed E-state index contributed by atoms with van der Waals surface area (Å²) in [4.78, 5) is 26.9. The summed E-state index contributed by atoms with van der Waals surface area (Å²) in [7, 11) is 0. The highest BCUT2D eigenvalue weighted by molar-refractivity contribution is 5.97. The van der Waals surface area contributed by atoms with Gasteiger partial charge in [0.15, 0.2) is 11.5 Å². The molecule has 0 saturated heterocycles. The molecule has 106 valence electrons. The van der Waals surface area contributed by atoms with E-state index in [1.807, 2.05) is 0 Å². The van der Waals surface area contributed by atoms with Crippen LogP contribution >= 0.6 is 0 Å². The van der Waals surface area contributed by atoms with Crippen LogP contribution in [0.4, 0.5) is 10.6 Å². The van der Waals surface area contributed by atoms with Gasteiger partial charge in [-0.05, 0) is 20.8 Å². The molecule has 0 aliphatic heterocycles. The van der Waals surface area contributed by atoms with Crippen molar-refractivity contribution >= 4 is 23.5 Å². The summed E-state index contributed by atoms with van der Waals surface area (Å²) in [6.45, 7) is 5.13. The highest BCUT2D eigenvalue weighted by atomic mass is 16.6. The van der Waals surface area contributed by atoms with Crippen molar-refractivity contribution in [2.75, 3.05) is 5.32 Å². The summed E-state index contributed by atoms with van der Waals surface area (Å²) in [6, 6.07) is 1.59. The topological polar surface area (TPSA) is 106 Å². The van der Waals surface area contributed by atoms with Crippen LogP contribution in [0.2, 0.25) is 0 Å². The third-order valence-electron chi connectivity index (χ3n) is 2.27. The zero-order chi connectivity index (χ0) is 14.9. The van der Waals surface area contributed by atoms with E-state index in [4.69, 9.17) is 9.84 Å². The number of nitrogens with zero attached hydrogens (tertiary/aromatic N) is 3. The highest BCUT2D eigenvalue weighted by Gasteiger charge is 2.21. The first kappa shape index (κ1) is 13.8. The molecule has 0 radical (unpaired) electrons. The van der Waals surface area contributed by atoms with Crippen LogP contribution in [0.1, 0.15) is 31.1 Å². The number of amides is 1. The molecular formula is C12H14N4O4. The van der Waals surface area contributed by atoms with E-state index in [0.29, 0.717) is 5.65 Å². The number of hydrogen-bond donors (Lipinski definition) is 2. The molecule has 2 N–H and O–H groups in total. The molecule has 0 spiro atoms. The predicted octanol–water partition coefficient (Wildman–Crippen LogP) is 1.77. The molecule has 2 heterocycles. The molecule has 0 aliphatic carbocycles. The van der Waals surface area contributed by atoms with Crippen LogP contribution in [0.25, 0.3) is 5.65 Å². The van der Waals surface area contributed by atoms with Crippen molar-refractivity contribution in [2.24, 2.45) is 0 Å². The van der Waals surface area contributed by atoms with Gasteiger partial charge in [-0.3, -0.25) is 5.32 Å². The van der Waals surface area contributed by atoms with E-state index in [-0.39, 0.29) is 11.4 Å². The fourth-order valence-electron chi connectivity index (χ4n) is 1.55. The Hall–Kier alpha value is -2.64. The Morgan fingerprint density at radius 3 is 2.70 bits per heavy atom. The van der Waals surface area contributed by atoms with E-state index in [0.717, 1.165) is 6.20 Å². The Labute approximate surface area is 114 Å². The number of aromatic nitrogens is 3. The van der Waals surface area contributed by atoms with Crippen LogP contribution in [0.5, 0.6) is 0 Å². The number of hydrogen-bond acceptors (Lipinski definition) is 5. The van der Waals surface area contributed by atoms with Gasteiger partial charge < -0.3 is 9.84 Å². The van der Waals surface area contributed by atoms with Crippen molar-refractivity contribution in [3.63, 3.8) is 0 Å². The normalized spacial score (nSPS) is 11.3. The van der Waals surface area contributed by atoms with Gasteiger partial charge in [0.05, 0.1) is 6.20 Å². The third-order valence-corrected chi connectivity index (χ3v) is 2.27. The Morgan fingerprint density at radius 1 is 1.40 bits per heavy atom. The lowest BCUT2D eigenvalue weighted by atomic mass is 10.2. The lowest BCUT2D eigenvalue weighted by molar-refractivity contribution is 0.0635. The molecule has 0 aliphatic rings. The van der Waals surface area contributed by atoms with Gasteiger partial charge in [0.25, 0.3) is 0 Å². The number of nitrogens with one attached hydrogen (secondary N) is 1. The molecule has 2 rings (SSSR count). The SMILES string of the molecule is CC(C)(C)OC(=O)Nc1c(C(=O)O)cnc2ccnn12. The minimum atomic E-state index is -1.22. The molecule has 20 heavy (non-hydrogen) atoms. The second-order valence-electron chi connectivity index (χ2n) is 5.05. The van der Waals surface area contributed by atoms with Crippen molar-refractivity contribution in [1.82, 2.24) is 14.6 Å². The Bertz CT molecular complexity index is 672. The number of carbonyl (C=O) groups is 2. The van der Waals surface area contributed by atoms with Crippen molar-refractivity contribution in [2.45, 2.75) is 26.4 Å². The number of carboxylic acids is 1. The lowest BCUT2D eigenvalue weighted by Gasteiger charge is -2.20. The molecule has 0 aromatic carbocycles. The fourth-order valence-corrected chi connectivity index (χ4v) is 1.55. The smallest absolute Gasteiger partial charge is 0.413 e. The molecule has 8 heteroatoms.